The van der Waals surface area contributed by atoms with Gasteiger partial charge in [0, 0.05) is 6.20 Å². The number of rotatable bonds is 1. The summed E-state index contributed by atoms with van der Waals surface area (Å²) in [6, 6.07) is 7.20. The molecule has 0 aliphatic heterocycles. The molecule has 0 saturated heterocycles. The van der Waals surface area contributed by atoms with Gasteiger partial charge < -0.3 is 4.74 Å². The molecule has 2 aromatic rings. The second-order valence-corrected chi connectivity index (χ2v) is 2.57. The van der Waals surface area contributed by atoms with E-state index in [0.717, 1.165) is 5.52 Å². The van der Waals surface area contributed by atoms with Gasteiger partial charge in [-0.25, -0.2) is 9.31 Å². The summed E-state index contributed by atoms with van der Waals surface area (Å²) < 4.78 is 6.15. The Kier molecular flexibility index (Phi) is 1.73. The van der Waals surface area contributed by atoms with Gasteiger partial charge in [-0.15, -0.1) is 0 Å². The van der Waals surface area contributed by atoms with E-state index in [2.05, 4.69) is 9.84 Å². The average Bonchev–Trinajstić information content (AvgIpc) is 2.60. The van der Waals surface area contributed by atoms with Crippen molar-refractivity contribution in [2.45, 2.75) is 0 Å². The van der Waals surface area contributed by atoms with E-state index in [1.54, 1.807) is 16.8 Å². The number of aromatic nitrogens is 2. The van der Waals surface area contributed by atoms with E-state index < -0.39 is 0 Å². The van der Waals surface area contributed by atoms with Crippen LogP contribution in [0.25, 0.3) is 5.52 Å². The van der Waals surface area contributed by atoms with E-state index in [0.29, 0.717) is 5.69 Å². The summed E-state index contributed by atoms with van der Waals surface area (Å²) >= 11 is 0. The van der Waals surface area contributed by atoms with Gasteiger partial charge in [0.2, 0.25) is 0 Å². The second kappa shape index (κ2) is 2.90. The van der Waals surface area contributed by atoms with Gasteiger partial charge in [-0.2, -0.15) is 5.10 Å². The SMILES string of the molecule is COC(=O)c1ccc2cccnn12. The molecular formula is C9H8N2O2. The molecule has 0 unspecified atom stereocenters. The van der Waals surface area contributed by atoms with E-state index in [1.165, 1.54) is 7.11 Å². The van der Waals surface area contributed by atoms with Gasteiger partial charge in [0.05, 0.1) is 12.6 Å². The maximum atomic E-state index is 11.2. The lowest BCUT2D eigenvalue weighted by Crippen LogP contribution is -2.06. The topological polar surface area (TPSA) is 43.6 Å². The van der Waals surface area contributed by atoms with Crippen LogP contribution in [0.15, 0.2) is 30.5 Å². The summed E-state index contributed by atoms with van der Waals surface area (Å²) in [5.41, 5.74) is 1.32. The summed E-state index contributed by atoms with van der Waals surface area (Å²) in [5, 5.41) is 4.03. The van der Waals surface area contributed by atoms with Crippen molar-refractivity contribution < 1.29 is 9.53 Å². The van der Waals surface area contributed by atoms with Crippen molar-refractivity contribution in [3.63, 3.8) is 0 Å². The fraction of sp³-hybridized carbons (Fsp3) is 0.111. The van der Waals surface area contributed by atoms with Gasteiger partial charge in [0.1, 0.15) is 0 Å². The average molecular weight is 176 g/mol. The molecule has 2 aromatic heterocycles. The van der Waals surface area contributed by atoms with Crippen molar-refractivity contribution in [3.8, 4) is 0 Å². The Morgan fingerprint density at radius 3 is 3.08 bits per heavy atom. The summed E-state index contributed by atoms with van der Waals surface area (Å²) in [6.45, 7) is 0. The van der Waals surface area contributed by atoms with E-state index in [-0.39, 0.29) is 5.97 Å². The number of fused-ring (bicyclic) bond motifs is 1. The van der Waals surface area contributed by atoms with Crippen LogP contribution in [0.3, 0.4) is 0 Å². The van der Waals surface area contributed by atoms with Crippen LogP contribution in [0.5, 0.6) is 0 Å². The lowest BCUT2D eigenvalue weighted by Gasteiger charge is -1.98. The monoisotopic (exact) mass is 176 g/mol. The number of hydrogen-bond donors (Lipinski definition) is 0. The summed E-state index contributed by atoms with van der Waals surface area (Å²) in [7, 11) is 1.35. The van der Waals surface area contributed by atoms with Crippen LogP contribution < -0.4 is 0 Å². The molecule has 0 radical (unpaired) electrons. The summed E-state index contributed by atoms with van der Waals surface area (Å²) in [4.78, 5) is 11.2. The molecule has 4 heteroatoms. The standard InChI is InChI=1S/C9H8N2O2/c1-13-9(12)8-5-4-7-3-2-6-10-11(7)8/h2-6H,1H3. The van der Waals surface area contributed by atoms with E-state index in [4.69, 9.17) is 0 Å². The molecule has 0 bridgehead atoms. The third-order valence-electron chi connectivity index (χ3n) is 1.81. The lowest BCUT2D eigenvalue weighted by molar-refractivity contribution is 0.0591. The van der Waals surface area contributed by atoms with Crippen molar-refractivity contribution in [2.75, 3.05) is 7.11 Å². The van der Waals surface area contributed by atoms with Gasteiger partial charge in [0.25, 0.3) is 0 Å². The number of esters is 1. The second-order valence-electron chi connectivity index (χ2n) is 2.57. The van der Waals surface area contributed by atoms with E-state index >= 15 is 0 Å². The van der Waals surface area contributed by atoms with Gasteiger partial charge in [-0.1, -0.05) is 0 Å². The highest BCUT2D eigenvalue weighted by Gasteiger charge is 2.10. The van der Waals surface area contributed by atoms with Crippen molar-refractivity contribution in [1.29, 1.82) is 0 Å². The minimum Gasteiger partial charge on any atom is -0.464 e. The molecular weight excluding hydrogens is 168 g/mol. The smallest absolute Gasteiger partial charge is 0.356 e. The molecule has 0 saturated carbocycles. The van der Waals surface area contributed by atoms with Crippen molar-refractivity contribution >= 4 is 11.5 Å². The predicted octanol–water partition coefficient (Wildman–Crippen LogP) is 1.12. The Balaban J connectivity index is 2.64. The van der Waals surface area contributed by atoms with Gasteiger partial charge >= 0.3 is 5.97 Å². The molecule has 0 aliphatic rings. The minimum atomic E-state index is -0.376. The first-order chi connectivity index (χ1) is 6.33. The van der Waals surface area contributed by atoms with Crippen molar-refractivity contribution in [1.82, 2.24) is 9.61 Å². The fourth-order valence-corrected chi connectivity index (χ4v) is 1.21. The highest BCUT2D eigenvalue weighted by molar-refractivity contribution is 5.88. The minimum absolute atomic E-state index is 0.376. The number of carbonyl (C=O) groups is 1. The van der Waals surface area contributed by atoms with Crippen LogP contribution in [-0.2, 0) is 4.74 Å². The molecule has 4 nitrogen and oxygen atoms in total. The Labute approximate surface area is 74.7 Å². The zero-order chi connectivity index (χ0) is 9.26. The Morgan fingerprint density at radius 2 is 2.31 bits per heavy atom. The Bertz CT molecular complexity index is 448. The lowest BCUT2D eigenvalue weighted by atomic mass is 10.4. The zero-order valence-electron chi connectivity index (χ0n) is 7.10. The van der Waals surface area contributed by atoms with Crippen LogP contribution in [0, 0.1) is 0 Å². The number of ether oxygens (including phenoxy) is 1. The molecule has 0 aromatic carbocycles. The predicted molar refractivity (Wildman–Crippen MR) is 46.5 cm³/mol. The molecule has 13 heavy (non-hydrogen) atoms. The molecule has 0 N–H and O–H groups in total. The third-order valence-corrected chi connectivity index (χ3v) is 1.81. The van der Waals surface area contributed by atoms with Crippen LogP contribution >= 0.6 is 0 Å². The van der Waals surface area contributed by atoms with Gasteiger partial charge in [0.15, 0.2) is 5.69 Å². The largest absolute Gasteiger partial charge is 0.464 e. The quantitative estimate of drug-likeness (QED) is 0.611. The molecule has 2 heterocycles. The molecule has 0 fully saturated rings. The normalized spacial score (nSPS) is 10.2. The fourth-order valence-electron chi connectivity index (χ4n) is 1.21. The molecule has 0 spiro atoms. The summed E-state index contributed by atoms with van der Waals surface area (Å²) in [5.74, 6) is -0.376. The first kappa shape index (κ1) is 7.79. The molecule has 66 valence electrons. The van der Waals surface area contributed by atoms with Crippen LogP contribution in [0.2, 0.25) is 0 Å². The zero-order valence-corrected chi connectivity index (χ0v) is 7.10. The van der Waals surface area contributed by atoms with Gasteiger partial charge in [-0.3, -0.25) is 0 Å². The van der Waals surface area contributed by atoms with Crippen LogP contribution in [0.1, 0.15) is 10.5 Å². The van der Waals surface area contributed by atoms with Crippen molar-refractivity contribution in [3.05, 3.63) is 36.2 Å². The van der Waals surface area contributed by atoms with E-state index in [9.17, 15) is 4.79 Å². The third kappa shape index (κ3) is 1.16. The molecule has 0 amide bonds. The first-order valence-electron chi connectivity index (χ1n) is 3.84. The van der Waals surface area contributed by atoms with Crippen LogP contribution in [-0.4, -0.2) is 22.7 Å². The molecule has 0 atom stereocenters. The Morgan fingerprint density at radius 1 is 1.46 bits per heavy atom. The Hall–Kier alpha value is -1.84. The molecule has 0 aliphatic carbocycles. The maximum Gasteiger partial charge on any atom is 0.356 e. The maximum absolute atomic E-state index is 11.2. The number of carbonyl (C=O) groups excluding carboxylic acids is 1. The summed E-state index contributed by atoms with van der Waals surface area (Å²) in [6.07, 6.45) is 1.62. The number of nitrogens with zero attached hydrogens (tertiary/aromatic N) is 2. The highest BCUT2D eigenvalue weighted by atomic mass is 16.5. The van der Waals surface area contributed by atoms with E-state index in [1.807, 2.05) is 18.2 Å². The first-order valence-corrected chi connectivity index (χ1v) is 3.84. The number of methoxy groups -OCH3 is 1. The van der Waals surface area contributed by atoms with Crippen LogP contribution in [0.4, 0.5) is 0 Å². The van der Waals surface area contributed by atoms with Gasteiger partial charge in [-0.05, 0) is 24.3 Å². The number of hydrogen-bond acceptors (Lipinski definition) is 3. The highest BCUT2D eigenvalue weighted by Crippen LogP contribution is 2.08. The molecule has 2 rings (SSSR count). The van der Waals surface area contributed by atoms with Crippen molar-refractivity contribution in [2.24, 2.45) is 0 Å².